The van der Waals surface area contributed by atoms with Gasteiger partial charge in [0.2, 0.25) is 5.91 Å². The summed E-state index contributed by atoms with van der Waals surface area (Å²) < 4.78 is 2.51. The van der Waals surface area contributed by atoms with Gasteiger partial charge in [0.25, 0.3) is 0 Å². The van der Waals surface area contributed by atoms with Crippen LogP contribution >= 0.6 is 0 Å². The van der Waals surface area contributed by atoms with Crippen LogP contribution in [0.25, 0.3) is 11.0 Å². The van der Waals surface area contributed by atoms with Gasteiger partial charge in [-0.15, -0.1) is 0 Å². The summed E-state index contributed by atoms with van der Waals surface area (Å²) in [4.78, 5) is 35.1. The van der Waals surface area contributed by atoms with Crippen LogP contribution in [-0.2, 0) is 15.0 Å². The third kappa shape index (κ3) is 5.50. The number of hydrogen-bond donors (Lipinski definition) is 1. The zero-order valence-corrected chi connectivity index (χ0v) is 26.2. The molecule has 0 radical (unpaired) electrons. The van der Waals surface area contributed by atoms with Crippen molar-refractivity contribution in [3.63, 3.8) is 0 Å². The van der Waals surface area contributed by atoms with E-state index in [1.54, 1.807) is 0 Å². The predicted molar refractivity (Wildman–Crippen MR) is 170 cm³/mol. The van der Waals surface area contributed by atoms with Gasteiger partial charge in [-0.25, -0.2) is 4.98 Å². The molecule has 6 rings (SSSR count). The number of amides is 1. The van der Waals surface area contributed by atoms with E-state index in [9.17, 15) is 14.7 Å². The summed E-state index contributed by atoms with van der Waals surface area (Å²) >= 11 is 0. The number of carbonyl (C=O) groups excluding carboxylic acids is 1. The number of likely N-dealkylation sites (tertiary alicyclic amines) is 1. The van der Waals surface area contributed by atoms with E-state index in [-0.39, 0.29) is 17.7 Å². The zero-order valence-electron chi connectivity index (χ0n) is 26.2. The molecule has 3 fully saturated rings. The van der Waals surface area contributed by atoms with E-state index in [2.05, 4.69) is 71.0 Å². The van der Waals surface area contributed by atoms with Crippen molar-refractivity contribution in [1.29, 1.82) is 0 Å². The number of fused-ring (bicyclic) bond motifs is 3. The minimum atomic E-state index is -0.887. The first-order valence-corrected chi connectivity index (χ1v) is 16.5. The van der Waals surface area contributed by atoms with Crippen LogP contribution in [-0.4, -0.2) is 68.1 Å². The largest absolute Gasteiger partial charge is 0.481 e. The average molecular weight is 585 g/mol. The van der Waals surface area contributed by atoms with E-state index >= 15 is 0 Å². The van der Waals surface area contributed by atoms with Crippen molar-refractivity contribution >= 4 is 22.9 Å². The van der Waals surface area contributed by atoms with Crippen LogP contribution in [0.2, 0.25) is 0 Å². The summed E-state index contributed by atoms with van der Waals surface area (Å²) in [6, 6.07) is 21.2. The number of piperidine rings is 2. The molecular weight excluding hydrogens is 536 g/mol. The van der Waals surface area contributed by atoms with Gasteiger partial charge in [0.1, 0.15) is 5.82 Å². The van der Waals surface area contributed by atoms with E-state index in [1.165, 1.54) is 36.8 Å². The van der Waals surface area contributed by atoms with E-state index in [0.717, 1.165) is 37.1 Å². The van der Waals surface area contributed by atoms with E-state index in [4.69, 9.17) is 4.98 Å². The number of aliphatic carboxylic acids is 1. The molecule has 2 bridgehead atoms. The summed E-state index contributed by atoms with van der Waals surface area (Å²) in [7, 11) is 0. The van der Waals surface area contributed by atoms with Crippen molar-refractivity contribution < 1.29 is 14.7 Å². The summed E-state index contributed by atoms with van der Waals surface area (Å²) in [5, 5.41) is 9.58. The average Bonchev–Trinajstić information content (AvgIpc) is 3.49. The normalized spacial score (nSPS) is 24.0. The van der Waals surface area contributed by atoms with E-state index < -0.39 is 11.4 Å². The first-order chi connectivity index (χ1) is 20.8. The first-order valence-electron chi connectivity index (χ1n) is 16.5. The Balaban J connectivity index is 1.16. The fourth-order valence-corrected chi connectivity index (χ4v) is 8.91. The lowest BCUT2D eigenvalue weighted by Crippen LogP contribution is -2.52. The summed E-state index contributed by atoms with van der Waals surface area (Å²) in [5.41, 5.74) is 2.97. The maximum Gasteiger partial charge on any atom is 0.304 e. The molecule has 1 N–H and O–H groups in total. The lowest BCUT2D eigenvalue weighted by atomic mass is 9.69. The fourth-order valence-electron chi connectivity index (χ4n) is 8.91. The van der Waals surface area contributed by atoms with E-state index in [1.807, 2.05) is 18.7 Å². The first kappa shape index (κ1) is 29.9. The van der Waals surface area contributed by atoms with E-state index in [0.29, 0.717) is 44.1 Å². The summed E-state index contributed by atoms with van der Waals surface area (Å²) in [6.45, 7) is 8.53. The molecule has 3 saturated heterocycles. The molecule has 1 amide bonds. The number of imidazole rings is 1. The van der Waals surface area contributed by atoms with Crippen LogP contribution in [0.1, 0.15) is 95.5 Å². The Kier molecular flexibility index (Phi) is 8.38. The maximum absolute atomic E-state index is 13.7. The van der Waals surface area contributed by atoms with Crippen molar-refractivity contribution in [3.05, 3.63) is 66.0 Å². The molecule has 3 aliphatic heterocycles. The molecule has 7 nitrogen and oxygen atoms in total. The zero-order chi connectivity index (χ0) is 30.2. The highest BCUT2D eigenvalue weighted by Gasteiger charge is 2.46. The Morgan fingerprint density at radius 1 is 0.930 bits per heavy atom. The quantitative estimate of drug-likeness (QED) is 0.285. The Bertz CT molecular complexity index is 1420. The second-order valence-corrected chi connectivity index (χ2v) is 13.5. The minimum Gasteiger partial charge on any atom is -0.481 e. The number of carbonyl (C=O) groups is 2. The van der Waals surface area contributed by atoms with Gasteiger partial charge in [-0.05, 0) is 94.4 Å². The molecule has 3 aromatic rings. The van der Waals surface area contributed by atoms with Crippen LogP contribution in [0.4, 0.5) is 0 Å². The third-order valence-electron chi connectivity index (χ3n) is 11.5. The highest BCUT2D eigenvalue weighted by Crippen LogP contribution is 2.45. The minimum absolute atomic E-state index is 0.0271. The fraction of sp³-hybridized carbons (Fsp3) is 0.583. The topological polar surface area (TPSA) is 78.7 Å². The Hall–Kier alpha value is -3.19. The van der Waals surface area contributed by atoms with Crippen LogP contribution in [0.5, 0.6) is 0 Å². The second kappa shape index (κ2) is 12.1. The van der Waals surface area contributed by atoms with Crippen molar-refractivity contribution in [2.45, 2.75) is 109 Å². The molecule has 3 atom stereocenters. The monoisotopic (exact) mass is 584 g/mol. The van der Waals surface area contributed by atoms with Crippen molar-refractivity contribution in [2.24, 2.45) is 5.41 Å². The summed E-state index contributed by atoms with van der Waals surface area (Å²) in [5.74, 6) is 0.272. The molecule has 2 aromatic carbocycles. The summed E-state index contributed by atoms with van der Waals surface area (Å²) in [6.07, 6.45) is 8.86. The number of para-hydroxylation sites is 2. The van der Waals surface area contributed by atoms with Crippen molar-refractivity contribution in [1.82, 2.24) is 19.4 Å². The van der Waals surface area contributed by atoms with Crippen LogP contribution in [0.3, 0.4) is 0 Å². The van der Waals surface area contributed by atoms with Gasteiger partial charge >= 0.3 is 5.97 Å². The lowest BCUT2D eigenvalue weighted by Gasteiger charge is -2.47. The SMILES string of the molecule is CCC(CC)(CC(=O)O)C(=O)N1CCC(CCN2[C@@H]3CC[C@H]2CC(n2c(C)nc4ccccc42)C3)(c2ccccc2)CC1. The molecule has 43 heavy (non-hydrogen) atoms. The Morgan fingerprint density at radius 2 is 1.56 bits per heavy atom. The maximum atomic E-state index is 13.7. The molecular formula is C36H48N4O3. The smallest absolute Gasteiger partial charge is 0.304 e. The van der Waals surface area contributed by atoms with Gasteiger partial charge in [0, 0.05) is 31.2 Å². The molecule has 1 aromatic heterocycles. The number of benzene rings is 2. The molecule has 0 spiro atoms. The molecule has 4 heterocycles. The highest BCUT2D eigenvalue weighted by atomic mass is 16.4. The number of nitrogens with zero attached hydrogens (tertiary/aromatic N) is 4. The highest BCUT2D eigenvalue weighted by molar-refractivity contribution is 5.87. The van der Waals surface area contributed by atoms with Crippen LogP contribution in [0, 0.1) is 12.3 Å². The van der Waals surface area contributed by atoms with Gasteiger partial charge in [-0.1, -0.05) is 56.3 Å². The standard InChI is InChI=1S/C36H48N4O3/c1-4-35(5-2,25-33(41)42)34(43)38-20-17-36(18-21-38,27-11-7-6-8-12-27)19-22-39-28-15-16-29(39)24-30(23-28)40-26(3)37-31-13-9-10-14-32(31)40/h6-14,28-30H,4-5,15-25H2,1-3H3,(H,41,42)/t28-,29+,30?. The van der Waals surface area contributed by atoms with Crippen LogP contribution in [0.15, 0.2) is 54.6 Å². The third-order valence-corrected chi connectivity index (χ3v) is 11.5. The number of hydrogen-bond acceptors (Lipinski definition) is 4. The molecule has 7 heteroatoms. The molecule has 1 unspecified atom stereocenters. The van der Waals surface area contributed by atoms with Gasteiger partial charge in [0.05, 0.1) is 22.9 Å². The number of carboxylic acids is 1. The molecule has 3 aliphatic rings. The molecule has 0 aliphatic carbocycles. The van der Waals surface area contributed by atoms with Gasteiger partial charge in [-0.3, -0.25) is 14.5 Å². The number of rotatable bonds is 10. The molecule has 230 valence electrons. The predicted octanol–water partition coefficient (Wildman–Crippen LogP) is 6.74. The number of carboxylic acid groups (broad SMARTS) is 1. The Morgan fingerprint density at radius 3 is 2.19 bits per heavy atom. The van der Waals surface area contributed by atoms with Gasteiger partial charge in [0.15, 0.2) is 0 Å². The second-order valence-electron chi connectivity index (χ2n) is 13.5. The van der Waals surface area contributed by atoms with Gasteiger partial charge < -0.3 is 14.6 Å². The molecule has 0 saturated carbocycles. The van der Waals surface area contributed by atoms with Crippen molar-refractivity contribution in [2.75, 3.05) is 19.6 Å². The number of aromatic nitrogens is 2. The lowest BCUT2D eigenvalue weighted by molar-refractivity contribution is -0.152. The number of aryl methyl sites for hydroxylation is 1. The van der Waals surface area contributed by atoms with Crippen molar-refractivity contribution in [3.8, 4) is 0 Å². The van der Waals surface area contributed by atoms with Gasteiger partial charge in [-0.2, -0.15) is 0 Å². The Labute approximate surface area is 256 Å². The van der Waals surface area contributed by atoms with Crippen LogP contribution < -0.4 is 0 Å².